The Morgan fingerprint density at radius 3 is 3.14 bits per heavy atom. The highest BCUT2D eigenvalue weighted by Gasteiger charge is 2.18. The van der Waals surface area contributed by atoms with Crippen LogP contribution in [0.15, 0.2) is 30.3 Å². The van der Waals surface area contributed by atoms with Crippen LogP contribution in [0.5, 0.6) is 5.75 Å². The van der Waals surface area contributed by atoms with Gasteiger partial charge in [0.25, 0.3) is 5.91 Å². The lowest BCUT2D eigenvalue weighted by Gasteiger charge is -2.13. The number of hydrazine groups is 1. The van der Waals surface area contributed by atoms with E-state index < -0.39 is 5.91 Å². The Kier molecular flexibility index (Phi) is 4.36. The number of para-hydroxylation sites is 1. The van der Waals surface area contributed by atoms with Crippen LogP contribution in [0.1, 0.15) is 23.3 Å². The second kappa shape index (κ2) is 6.59. The van der Waals surface area contributed by atoms with Gasteiger partial charge in [-0.05, 0) is 31.0 Å². The molecule has 116 valence electrons. The molecule has 1 unspecified atom stereocenters. The molecule has 0 radical (unpaired) electrons. The number of hydrogen-bond donors (Lipinski definition) is 3. The molecule has 22 heavy (non-hydrogen) atoms. The molecule has 7 nitrogen and oxygen atoms in total. The van der Waals surface area contributed by atoms with Crippen molar-refractivity contribution in [3.05, 3.63) is 36.0 Å². The molecule has 4 N–H and O–H groups in total. The zero-order valence-corrected chi connectivity index (χ0v) is 12.0. The summed E-state index contributed by atoms with van der Waals surface area (Å²) in [6.07, 6.45) is 2.24. The summed E-state index contributed by atoms with van der Waals surface area (Å²) in [5, 5.41) is 6.80. The number of hydrogen-bond acceptors (Lipinski definition) is 5. The second-order valence-electron chi connectivity index (χ2n) is 5.08. The summed E-state index contributed by atoms with van der Waals surface area (Å²) in [7, 11) is 0. The Morgan fingerprint density at radius 2 is 2.36 bits per heavy atom. The summed E-state index contributed by atoms with van der Waals surface area (Å²) in [5.41, 5.74) is 3.80. The van der Waals surface area contributed by atoms with Crippen LogP contribution >= 0.6 is 0 Å². The van der Waals surface area contributed by atoms with Crippen molar-refractivity contribution in [2.45, 2.75) is 18.9 Å². The lowest BCUT2D eigenvalue weighted by atomic mass is 10.1. The van der Waals surface area contributed by atoms with Crippen LogP contribution in [0, 0.1) is 0 Å². The maximum absolute atomic E-state index is 11.5. The summed E-state index contributed by atoms with van der Waals surface area (Å²) < 4.78 is 11.4. The van der Waals surface area contributed by atoms with Crippen molar-refractivity contribution in [3.63, 3.8) is 0 Å². The fourth-order valence-electron chi connectivity index (χ4n) is 2.42. The maximum atomic E-state index is 11.5. The number of carbonyl (C=O) groups excluding carboxylic acids is 1. The number of ether oxygens (including phenoxy) is 2. The van der Waals surface area contributed by atoms with Crippen molar-refractivity contribution in [1.29, 1.82) is 0 Å². The first-order valence-electron chi connectivity index (χ1n) is 7.18. The lowest BCUT2D eigenvalue weighted by molar-refractivity contribution is 0.0681. The van der Waals surface area contributed by atoms with Gasteiger partial charge in [0.2, 0.25) is 0 Å². The number of nitrogen functional groups attached to an aromatic ring is 1. The third kappa shape index (κ3) is 3.10. The average molecular weight is 302 g/mol. The second-order valence-corrected chi connectivity index (χ2v) is 5.08. The van der Waals surface area contributed by atoms with Crippen molar-refractivity contribution in [2.75, 3.05) is 13.2 Å². The van der Waals surface area contributed by atoms with E-state index >= 15 is 0 Å². The highest BCUT2D eigenvalue weighted by molar-refractivity contribution is 5.93. The van der Waals surface area contributed by atoms with Crippen LogP contribution < -0.4 is 16.0 Å². The number of carbonyl (C=O) groups is 1. The fourth-order valence-corrected chi connectivity index (χ4v) is 2.42. The van der Waals surface area contributed by atoms with E-state index in [9.17, 15) is 4.79 Å². The van der Waals surface area contributed by atoms with Crippen molar-refractivity contribution >= 4 is 5.91 Å². The van der Waals surface area contributed by atoms with Crippen molar-refractivity contribution in [3.8, 4) is 17.0 Å². The van der Waals surface area contributed by atoms with Gasteiger partial charge in [-0.15, -0.1) is 0 Å². The molecule has 3 rings (SSSR count). The molecular weight excluding hydrogens is 284 g/mol. The zero-order chi connectivity index (χ0) is 15.4. The van der Waals surface area contributed by atoms with Gasteiger partial charge in [-0.2, -0.15) is 5.10 Å². The Hall–Kier alpha value is -2.38. The minimum absolute atomic E-state index is 0.144. The van der Waals surface area contributed by atoms with Gasteiger partial charge in [-0.25, -0.2) is 5.84 Å². The Bertz CT molecular complexity index is 650. The van der Waals surface area contributed by atoms with E-state index in [1.54, 1.807) is 6.07 Å². The molecule has 1 aromatic heterocycles. The van der Waals surface area contributed by atoms with Crippen LogP contribution in [0.4, 0.5) is 0 Å². The van der Waals surface area contributed by atoms with E-state index in [0.29, 0.717) is 23.7 Å². The van der Waals surface area contributed by atoms with Gasteiger partial charge in [0, 0.05) is 12.2 Å². The van der Waals surface area contributed by atoms with Gasteiger partial charge in [0.05, 0.1) is 11.8 Å². The standard InChI is InChI=1S/C15H18N4O3/c16-17-15(20)13-8-12(18-19-13)11-5-1-2-6-14(11)22-9-10-4-3-7-21-10/h1-2,5-6,8,10H,3-4,7,9,16H2,(H,17,20)(H,18,19). The number of nitrogens with zero attached hydrogens (tertiary/aromatic N) is 1. The Labute approximate surface area is 127 Å². The number of amides is 1. The molecule has 0 bridgehead atoms. The normalized spacial score (nSPS) is 17.4. The third-order valence-corrected chi connectivity index (χ3v) is 3.57. The molecular formula is C15H18N4O3. The van der Waals surface area contributed by atoms with Gasteiger partial charge in [0.15, 0.2) is 0 Å². The van der Waals surface area contributed by atoms with Crippen LogP contribution in [-0.4, -0.2) is 35.4 Å². The molecule has 2 heterocycles. The summed E-state index contributed by atoms with van der Waals surface area (Å²) >= 11 is 0. The fraction of sp³-hybridized carbons (Fsp3) is 0.333. The predicted octanol–water partition coefficient (Wildman–Crippen LogP) is 1.24. The molecule has 1 aliphatic heterocycles. The summed E-state index contributed by atoms with van der Waals surface area (Å²) in [6, 6.07) is 9.20. The quantitative estimate of drug-likeness (QED) is 0.438. The first-order valence-corrected chi connectivity index (χ1v) is 7.18. The first kappa shape index (κ1) is 14.6. The van der Waals surface area contributed by atoms with Crippen LogP contribution in [0.2, 0.25) is 0 Å². The SMILES string of the molecule is NNC(=O)c1cc(-c2ccccc2OCC2CCCO2)n[nH]1. The number of benzene rings is 1. The molecule has 1 aliphatic rings. The lowest BCUT2D eigenvalue weighted by Crippen LogP contribution is -2.30. The molecule has 0 aliphatic carbocycles. The van der Waals surface area contributed by atoms with E-state index in [4.69, 9.17) is 15.3 Å². The van der Waals surface area contributed by atoms with Crippen LogP contribution in [-0.2, 0) is 4.74 Å². The van der Waals surface area contributed by atoms with Gasteiger partial charge < -0.3 is 9.47 Å². The molecule has 1 atom stereocenters. The first-order chi connectivity index (χ1) is 10.8. The molecule has 7 heteroatoms. The highest BCUT2D eigenvalue weighted by Crippen LogP contribution is 2.29. The number of H-pyrrole nitrogens is 1. The molecule has 0 spiro atoms. The number of nitrogens with two attached hydrogens (primary N) is 1. The topological polar surface area (TPSA) is 102 Å². The van der Waals surface area contributed by atoms with Crippen molar-refractivity contribution in [2.24, 2.45) is 5.84 Å². The van der Waals surface area contributed by atoms with Crippen molar-refractivity contribution < 1.29 is 14.3 Å². The number of aromatic nitrogens is 2. The molecule has 2 aromatic rings. The van der Waals surface area contributed by atoms with E-state index in [2.05, 4.69) is 15.6 Å². The number of nitrogens with one attached hydrogen (secondary N) is 2. The molecule has 1 amide bonds. The summed E-state index contributed by atoms with van der Waals surface area (Å²) in [6.45, 7) is 1.31. The van der Waals surface area contributed by atoms with E-state index in [0.717, 1.165) is 25.0 Å². The molecule has 1 fully saturated rings. The summed E-state index contributed by atoms with van der Waals surface area (Å²) in [5.74, 6) is 5.41. The monoisotopic (exact) mass is 302 g/mol. The van der Waals surface area contributed by atoms with E-state index in [1.165, 1.54) is 0 Å². The Balaban J connectivity index is 1.78. The zero-order valence-electron chi connectivity index (χ0n) is 12.0. The van der Waals surface area contributed by atoms with Crippen LogP contribution in [0.3, 0.4) is 0 Å². The smallest absolute Gasteiger partial charge is 0.283 e. The maximum Gasteiger partial charge on any atom is 0.283 e. The van der Waals surface area contributed by atoms with Crippen LogP contribution in [0.25, 0.3) is 11.3 Å². The molecule has 0 saturated carbocycles. The largest absolute Gasteiger partial charge is 0.490 e. The predicted molar refractivity (Wildman–Crippen MR) is 80.1 cm³/mol. The van der Waals surface area contributed by atoms with Gasteiger partial charge in [-0.3, -0.25) is 15.3 Å². The van der Waals surface area contributed by atoms with E-state index in [-0.39, 0.29) is 6.10 Å². The third-order valence-electron chi connectivity index (χ3n) is 3.57. The number of rotatable bonds is 5. The van der Waals surface area contributed by atoms with Crippen molar-refractivity contribution in [1.82, 2.24) is 15.6 Å². The van der Waals surface area contributed by atoms with Gasteiger partial charge >= 0.3 is 0 Å². The summed E-state index contributed by atoms with van der Waals surface area (Å²) in [4.78, 5) is 11.5. The number of aromatic amines is 1. The Morgan fingerprint density at radius 1 is 1.50 bits per heavy atom. The molecule has 1 aromatic carbocycles. The molecule has 1 saturated heterocycles. The minimum atomic E-state index is -0.420. The minimum Gasteiger partial charge on any atom is -0.490 e. The highest BCUT2D eigenvalue weighted by atomic mass is 16.5. The van der Waals surface area contributed by atoms with Gasteiger partial charge in [0.1, 0.15) is 18.1 Å². The van der Waals surface area contributed by atoms with Gasteiger partial charge in [-0.1, -0.05) is 12.1 Å². The van der Waals surface area contributed by atoms with E-state index in [1.807, 2.05) is 24.3 Å². The average Bonchev–Trinajstić information content (AvgIpc) is 3.24.